The lowest BCUT2D eigenvalue weighted by Gasteiger charge is -2.18. The van der Waals surface area contributed by atoms with Crippen LogP contribution in [-0.2, 0) is 6.42 Å². The highest BCUT2D eigenvalue weighted by Crippen LogP contribution is 2.39. The van der Waals surface area contributed by atoms with Crippen LogP contribution in [0.15, 0.2) is 52.2 Å². The summed E-state index contributed by atoms with van der Waals surface area (Å²) >= 11 is 1.39. The lowest BCUT2D eigenvalue weighted by atomic mass is 9.98. The molecule has 3 heterocycles. The summed E-state index contributed by atoms with van der Waals surface area (Å²) in [5.74, 6) is 1.51. The van der Waals surface area contributed by atoms with E-state index < -0.39 is 0 Å². The van der Waals surface area contributed by atoms with Crippen molar-refractivity contribution >= 4 is 28.0 Å². The summed E-state index contributed by atoms with van der Waals surface area (Å²) in [5, 5.41) is 7.52. The number of ketones is 1. The van der Waals surface area contributed by atoms with Gasteiger partial charge in [0.25, 0.3) is 0 Å². The van der Waals surface area contributed by atoms with Crippen molar-refractivity contribution in [3.63, 3.8) is 0 Å². The van der Waals surface area contributed by atoms with Crippen molar-refractivity contribution in [1.82, 2.24) is 4.98 Å². The van der Waals surface area contributed by atoms with Crippen molar-refractivity contribution in [3.05, 3.63) is 70.1 Å². The molecule has 150 valence electrons. The van der Waals surface area contributed by atoms with E-state index in [-0.39, 0.29) is 11.8 Å². The Morgan fingerprint density at radius 2 is 2.03 bits per heavy atom. The molecular weight excluding hydrogens is 382 g/mol. The van der Waals surface area contributed by atoms with Crippen LogP contribution in [0, 0.1) is 12.8 Å². The molecule has 0 spiro atoms. The first-order valence-electron chi connectivity index (χ1n) is 9.90. The highest BCUT2D eigenvalue weighted by molar-refractivity contribution is 7.17. The molecule has 4 rings (SSSR count). The van der Waals surface area contributed by atoms with Crippen molar-refractivity contribution in [3.8, 4) is 0 Å². The first-order valence-corrected chi connectivity index (χ1v) is 10.7. The Bertz CT molecular complexity index is 1030. The molecule has 0 saturated carbocycles. The standard InChI is InChI=1S/C23H25N3O2S/c1-14(2)12-17-7-9-18(10-8-17)19-13-20(21-6-5-11-28-21)26(25-19)23-24-15(3)22(29-23)16(4)27/h5-11,14,20H,12-13H2,1-4H3/t20-/m1/s1. The molecular formula is C23H25N3O2S. The number of anilines is 1. The quantitative estimate of drug-likeness (QED) is 0.485. The molecule has 0 amide bonds. The molecule has 1 aliphatic rings. The minimum Gasteiger partial charge on any atom is -0.467 e. The van der Waals surface area contributed by atoms with Gasteiger partial charge < -0.3 is 4.42 Å². The summed E-state index contributed by atoms with van der Waals surface area (Å²) in [6, 6.07) is 12.4. The van der Waals surface area contributed by atoms with Crippen molar-refractivity contribution < 1.29 is 9.21 Å². The fourth-order valence-corrected chi connectivity index (χ4v) is 4.64. The van der Waals surface area contributed by atoms with Crippen LogP contribution in [0.25, 0.3) is 0 Å². The van der Waals surface area contributed by atoms with Gasteiger partial charge in [-0.05, 0) is 42.5 Å². The van der Waals surface area contributed by atoms with Gasteiger partial charge in [0.1, 0.15) is 11.8 Å². The number of benzene rings is 1. The first kappa shape index (κ1) is 19.6. The van der Waals surface area contributed by atoms with Crippen LogP contribution in [0.2, 0.25) is 0 Å². The fourth-order valence-electron chi connectivity index (χ4n) is 3.68. The molecule has 2 aromatic heterocycles. The number of carbonyl (C=O) groups excluding carboxylic acids is 1. The van der Waals surface area contributed by atoms with E-state index in [1.54, 1.807) is 13.2 Å². The number of hydrogen-bond acceptors (Lipinski definition) is 6. The van der Waals surface area contributed by atoms with E-state index in [1.165, 1.54) is 16.9 Å². The van der Waals surface area contributed by atoms with E-state index >= 15 is 0 Å². The zero-order chi connectivity index (χ0) is 20.5. The third-order valence-electron chi connectivity index (χ3n) is 5.01. The SMILES string of the molecule is CC(=O)c1sc(N2N=C(c3ccc(CC(C)C)cc3)C[C@@H]2c2ccco2)nc1C. The van der Waals surface area contributed by atoms with E-state index in [2.05, 4.69) is 43.1 Å². The molecule has 0 radical (unpaired) electrons. The third kappa shape index (κ3) is 4.03. The van der Waals surface area contributed by atoms with Gasteiger partial charge in [-0.25, -0.2) is 9.99 Å². The molecule has 3 aromatic rings. The second kappa shape index (κ2) is 7.95. The van der Waals surface area contributed by atoms with E-state index in [4.69, 9.17) is 9.52 Å². The number of aromatic nitrogens is 1. The van der Waals surface area contributed by atoms with Gasteiger partial charge >= 0.3 is 0 Å². The fraction of sp³-hybridized carbons (Fsp3) is 0.348. The second-order valence-corrected chi connectivity index (χ2v) is 8.87. The molecule has 1 aromatic carbocycles. The van der Waals surface area contributed by atoms with Crippen molar-refractivity contribution in [2.24, 2.45) is 11.0 Å². The van der Waals surface area contributed by atoms with Gasteiger partial charge in [0.15, 0.2) is 5.78 Å². The average Bonchev–Trinajstić information content (AvgIpc) is 3.40. The summed E-state index contributed by atoms with van der Waals surface area (Å²) in [6.45, 7) is 7.90. The average molecular weight is 408 g/mol. The molecule has 0 N–H and O–H groups in total. The molecule has 0 unspecified atom stereocenters. The number of aryl methyl sites for hydroxylation is 1. The maximum atomic E-state index is 11.9. The smallest absolute Gasteiger partial charge is 0.207 e. The molecule has 5 nitrogen and oxygen atoms in total. The van der Waals surface area contributed by atoms with Crippen molar-refractivity contribution in [2.75, 3.05) is 5.01 Å². The van der Waals surface area contributed by atoms with E-state index in [0.29, 0.717) is 10.8 Å². The number of rotatable bonds is 6. The highest BCUT2D eigenvalue weighted by Gasteiger charge is 2.34. The minimum absolute atomic E-state index is 0.0324. The Morgan fingerprint density at radius 3 is 2.62 bits per heavy atom. The molecule has 0 aliphatic carbocycles. The Hall–Kier alpha value is -2.73. The topological polar surface area (TPSA) is 58.7 Å². The number of carbonyl (C=O) groups is 1. The van der Waals surface area contributed by atoms with E-state index in [9.17, 15) is 4.79 Å². The normalized spacial score (nSPS) is 16.5. The monoisotopic (exact) mass is 407 g/mol. The largest absolute Gasteiger partial charge is 0.467 e. The van der Waals surface area contributed by atoms with Gasteiger partial charge in [-0.15, -0.1) is 0 Å². The molecule has 1 aliphatic heterocycles. The second-order valence-electron chi connectivity index (χ2n) is 7.89. The van der Waals surface area contributed by atoms with Crippen LogP contribution in [0.4, 0.5) is 5.13 Å². The summed E-state index contributed by atoms with van der Waals surface area (Å²) < 4.78 is 5.70. The number of Topliss-reactive ketones (excluding diaryl/α,β-unsaturated/α-hetero) is 1. The molecule has 0 bridgehead atoms. The molecule has 1 atom stereocenters. The van der Waals surface area contributed by atoms with Gasteiger partial charge in [0.2, 0.25) is 5.13 Å². The maximum Gasteiger partial charge on any atom is 0.207 e. The third-order valence-corrected chi connectivity index (χ3v) is 6.26. The van der Waals surface area contributed by atoms with Crippen LogP contribution in [-0.4, -0.2) is 16.5 Å². The molecule has 0 saturated heterocycles. The zero-order valence-corrected chi connectivity index (χ0v) is 18.0. The first-order chi connectivity index (χ1) is 13.9. The number of nitrogens with zero attached hydrogens (tertiary/aromatic N) is 3. The summed E-state index contributed by atoms with van der Waals surface area (Å²) in [4.78, 5) is 17.2. The van der Waals surface area contributed by atoms with Crippen LogP contribution in [0.3, 0.4) is 0 Å². The van der Waals surface area contributed by atoms with Crippen molar-refractivity contribution in [1.29, 1.82) is 0 Å². The Kier molecular flexibility index (Phi) is 5.37. The van der Waals surface area contributed by atoms with Gasteiger partial charge in [-0.2, -0.15) is 5.10 Å². The Balaban J connectivity index is 1.68. The maximum absolute atomic E-state index is 11.9. The van der Waals surface area contributed by atoms with Gasteiger partial charge in [0.05, 0.1) is 22.5 Å². The van der Waals surface area contributed by atoms with Crippen LogP contribution in [0.5, 0.6) is 0 Å². The Morgan fingerprint density at radius 1 is 1.28 bits per heavy atom. The number of hydrazone groups is 1. The Labute approximate surface area is 175 Å². The predicted octanol–water partition coefficient (Wildman–Crippen LogP) is 5.80. The van der Waals surface area contributed by atoms with Gasteiger partial charge in [-0.3, -0.25) is 4.79 Å². The van der Waals surface area contributed by atoms with E-state index in [1.807, 2.05) is 24.1 Å². The molecule has 6 heteroatoms. The number of furan rings is 1. The van der Waals surface area contributed by atoms with Gasteiger partial charge in [0, 0.05) is 13.3 Å². The number of thiazole rings is 1. The van der Waals surface area contributed by atoms with Crippen LogP contribution < -0.4 is 5.01 Å². The summed E-state index contributed by atoms with van der Waals surface area (Å²) in [7, 11) is 0. The zero-order valence-electron chi connectivity index (χ0n) is 17.2. The molecule has 0 fully saturated rings. The van der Waals surface area contributed by atoms with Crippen LogP contribution >= 0.6 is 11.3 Å². The predicted molar refractivity (Wildman–Crippen MR) is 117 cm³/mol. The highest BCUT2D eigenvalue weighted by atomic mass is 32.1. The van der Waals surface area contributed by atoms with Crippen LogP contribution in [0.1, 0.15) is 65.5 Å². The van der Waals surface area contributed by atoms with Gasteiger partial charge in [-0.1, -0.05) is 49.4 Å². The minimum atomic E-state index is -0.0688. The summed E-state index contributed by atoms with van der Waals surface area (Å²) in [6.07, 6.45) is 3.48. The number of hydrogen-bond donors (Lipinski definition) is 0. The molecule has 29 heavy (non-hydrogen) atoms. The summed E-state index contributed by atoms with van der Waals surface area (Å²) in [5.41, 5.74) is 4.19. The van der Waals surface area contributed by atoms with Crippen molar-refractivity contribution in [2.45, 2.75) is 46.6 Å². The lowest BCUT2D eigenvalue weighted by Crippen LogP contribution is -2.17. The van der Waals surface area contributed by atoms with E-state index in [0.717, 1.165) is 40.7 Å². The lowest BCUT2D eigenvalue weighted by molar-refractivity contribution is 0.102.